The summed E-state index contributed by atoms with van der Waals surface area (Å²) in [5, 5.41) is 0. The quantitative estimate of drug-likeness (QED) is 0.612. The summed E-state index contributed by atoms with van der Waals surface area (Å²) in [6.07, 6.45) is 0. The van der Waals surface area contributed by atoms with E-state index in [4.69, 9.17) is 19.9 Å². The van der Waals surface area contributed by atoms with Gasteiger partial charge in [0.05, 0.1) is 17.1 Å². The maximum absolute atomic E-state index is 12.0. The molecule has 6 heteroatoms. The number of nitrogen functional groups attached to an aromatic ring is 1. The molecule has 3 aliphatic rings. The molecule has 106 valence electrons. The van der Waals surface area contributed by atoms with Crippen LogP contribution in [0.25, 0.3) is 0 Å². The van der Waals surface area contributed by atoms with E-state index in [0.717, 1.165) is 0 Å². The van der Waals surface area contributed by atoms with Gasteiger partial charge in [0.15, 0.2) is 11.5 Å². The van der Waals surface area contributed by atoms with Gasteiger partial charge in [-0.05, 0) is 11.6 Å². The highest BCUT2D eigenvalue weighted by molar-refractivity contribution is 6.02. The average Bonchev–Trinajstić information content (AvgIpc) is 3.03. The average molecular weight is 285 g/mol. The SMILES string of the molecule is Nc1ccccc1C1C2=C(COC2=O)OC2=C1C(=O)OC2. The summed E-state index contributed by atoms with van der Waals surface area (Å²) < 4.78 is 15.7. The maximum atomic E-state index is 12.0. The van der Waals surface area contributed by atoms with Crippen molar-refractivity contribution >= 4 is 17.6 Å². The second-order valence-corrected chi connectivity index (χ2v) is 4.99. The van der Waals surface area contributed by atoms with Gasteiger partial charge < -0.3 is 19.9 Å². The Morgan fingerprint density at radius 2 is 1.52 bits per heavy atom. The molecule has 0 unspecified atom stereocenters. The minimum Gasteiger partial charge on any atom is -0.458 e. The number of anilines is 1. The second-order valence-electron chi connectivity index (χ2n) is 4.99. The molecule has 4 rings (SSSR count). The zero-order chi connectivity index (χ0) is 14.6. The molecule has 1 aromatic carbocycles. The van der Waals surface area contributed by atoms with Crippen LogP contribution in [0.4, 0.5) is 5.69 Å². The molecule has 0 fully saturated rings. The molecule has 0 bridgehead atoms. The Balaban J connectivity index is 1.94. The topological polar surface area (TPSA) is 87.9 Å². The number of hydrogen-bond acceptors (Lipinski definition) is 6. The highest BCUT2D eigenvalue weighted by Crippen LogP contribution is 2.46. The molecule has 0 atom stereocenters. The molecule has 6 nitrogen and oxygen atoms in total. The van der Waals surface area contributed by atoms with Gasteiger partial charge in [0, 0.05) is 5.69 Å². The lowest BCUT2D eigenvalue weighted by Crippen LogP contribution is -2.21. The molecule has 0 spiro atoms. The van der Waals surface area contributed by atoms with Crippen molar-refractivity contribution in [1.29, 1.82) is 0 Å². The molecule has 3 heterocycles. The standard InChI is InChI=1S/C15H11NO5/c16-8-4-2-1-3-7(8)11-12-9(5-19-14(12)17)21-10-6-20-15(18)13(10)11/h1-4,11H,5-6,16H2. The van der Waals surface area contributed by atoms with E-state index in [2.05, 4.69) is 0 Å². The van der Waals surface area contributed by atoms with Gasteiger partial charge in [-0.3, -0.25) is 0 Å². The highest BCUT2D eigenvalue weighted by Gasteiger charge is 2.47. The molecule has 1 aromatic rings. The van der Waals surface area contributed by atoms with Crippen LogP contribution in [0.1, 0.15) is 11.5 Å². The number of nitrogens with two attached hydrogens (primary N) is 1. The highest BCUT2D eigenvalue weighted by atomic mass is 16.6. The molecule has 0 amide bonds. The van der Waals surface area contributed by atoms with Crippen LogP contribution in [-0.4, -0.2) is 25.2 Å². The fourth-order valence-electron chi connectivity index (χ4n) is 2.91. The Hall–Kier alpha value is -2.76. The van der Waals surface area contributed by atoms with E-state index in [1.165, 1.54) is 0 Å². The number of cyclic esters (lactones) is 2. The Labute approximate surface area is 119 Å². The molecule has 0 saturated heterocycles. The van der Waals surface area contributed by atoms with Crippen LogP contribution in [0, 0.1) is 0 Å². The van der Waals surface area contributed by atoms with Crippen molar-refractivity contribution in [2.45, 2.75) is 5.92 Å². The van der Waals surface area contributed by atoms with E-state index in [1.54, 1.807) is 18.2 Å². The number of benzene rings is 1. The van der Waals surface area contributed by atoms with Crippen LogP contribution < -0.4 is 5.73 Å². The van der Waals surface area contributed by atoms with Crippen molar-refractivity contribution in [3.05, 3.63) is 52.5 Å². The molecule has 21 heavy (non-hydrogen) atoms. The molecular weight excluding hydrogens is 274 g/mol. The van der Waals surface area contributed by atoms with E-state index < -0.39 is 17.9 Å². The van der Waals surface area contributed by atoms with E-state index in [1.807, 2.05) is 6.07 Å². The number of para-hydroxylation sites is 1. The Morgan fingerprint density at radius 3 is 2.10 bits per heavy atom. The number of rotatable bonds is 1. The number of carbonyl (C=O) groups is 2. The minimum absolute atomic E-state index is 0.0718. The van der Waals surface area contributed by atoms with Crippen molar-refractivity contribution < 1.29 is 23.8 Å². The summed E-state index contributed by atoms with van der Waals surface area (Å²) in [5.41, 5.74) is 7.88. The van der Waals surface area contributed by atoms with Crippen LogP contribution >= 0.6 is 0 Å². The van der Waals surface area contributed by atoms with E-state index >= 15 is 0 Å². The Morgan fingerprint density at radius 1 is 0.952 bits per heavy atom. The molecule has 2 N–H and O–H groups in total. The number of hydrogen-bond donors (Lipinski definition) is 1. The minimum atomic E-state index is -0.588. The maximum Gasteiger partial charge on any atom is 0.339 e. The van der Waals surface area contributed by atoms with Gasteiger partial charge >= 0.3 is 11.9 Å². The van der Waals surface area contributed by atoms with Crippen LogP contribution in [0.2, 0.25) is 0 Å². The largest absolute Gasteiger partial charge is 0.458 e. The lowest BCUT2D eigenvalue weighted by atomic mass is 9.82. The molecule has 0 aromatic heterocycles. The van der Waals surface area contributed by atoms with Crippen LogP contribution in [-0.2, 0) is 23.8 Å². The van der Waals surface area contributed by atoms with E-state index in [0.29, 0.717) is 33.9 Å². The third-order valence-electron chi connectivity index (χ3n) is 3.84. The zero-order valence-corrected chi connectivity index (χ0v) is 10.9. The lowest BCUT2D eigenvalue weighted by molar-refractivity contribution is -0.136. The van der Waals surface area contributed by atoms with Crippen LogP contribution in [0.5, 0.6) is 0 Å². The van der Waals surface area contributed by atoms with Crippen molar-refractivity contribution in [2.75, 3.05) is 18.9 Å². The number of esters is 2. The van der Waals surface area contributed by atoms with Gasteiger partial charge in [-0.2, -0.15) is 0 Å². The number of ether oxygens (including phenoxy) is 3. The smallest absolute Gasteiger partial charge is 0.339 e. The van der Waals surface area contributed by atoms with Gasteiger partial charge in [-0.15, -0.1) is 0 Å². The summed E-state index contributed by atoms with van der Waals surface area (Å²) in [6.45, 7) is 0.144. The van der Waals surface area contributed by atoms with E-state index in [-0.39, 0.29) is 13.2 Å². The van der Waals surface area contributed by atoms with Gasteiger partial charge in [-0.1, -0.05) is 18.2 Å². The molecule has 0 radical (unpaired) electrons. The van der Waals surface area contributed by atoms with Gasteiger partial charge in [0.25, 0.3) is 0 Å². The van der Waals surface area contributed by atoms with Crippen molar-refractivity contribution in [2.24, 2.45) is 0 Å². The third kappa shape index (κ3) is 1.59. The van der Waals surface area contributed by atoms with Crippen molar-refractivity contribution in [3.63, 3.8) is 0 Å². The van der Waals surface area contributed by atoms with Gasteiger partial charge in [-0.25, -0.2) is 9.59 Å². The van der Waals surface area contributed by atoms with Crippen molar-refractivity contribution in [1.82, 2.24) is 0 Å². The summed E-state index contributed by atoms with van der Waals surface area (Å²) in [7, 11) is 0. The molecule has 0 saturated carbocycles. The number of carbonyl (C=O) groups excluding carboxylic acids is 2. The van der Waals surface area contributed by atoms with Gasteiger partial charge in [0.1, 0.15) is 13.2 Å². The lowest BCUT2D eigenvalue weighted by Gasteiger charge is -2.23. The van der Waals surface area contributed by atoms with Crippen LogP contribution in [0.3, 0.4) is 0 Å². The molecule has 3 aliphatic heterocycles. The van der Waals surface area contributed by atoms with Crippen molar-refractivity contribution in [3.8, 4) is 0 Å². The zero-order valence-electron chi connectivity index (χ0n) is 10.9. The van der Waals surface area contributed by atoms with E-state index in [9.17, 15) is 9.59 Å². The fraction of sp³-hybridized carbons (Fsp3) is 0.200. The summed E-state index contributed by atoms with van der Waals surface area (Å²) in [5.74, 6) is -0.681. The third-order valence-corrected chi connectivity index (χ3v) is 3.84. The first-order valence-corrected chi connectivity index (χ1v) is 6.49. The summed E-state index contributed by atoms with van der Waals surface area (Å²) >= 11 is 0. The predicted octanol–water partition coefficient (Wildman–Crippen LogP) is 1.00. The fourth-order valence-corrected chi connectivity index (χ4v) is 2.91. The van der Waals surface area contributed by atoms with Crippen LogP contribution in [0.15, 0.2) is 46.9 Å². The summed E-state index contributed by atoms with van der Waals surface area (Å²) in [4.78, 5) is 24.0. The Kier molecular flexibility index (Phi) is 2.35. The first kappa shape index (κ1) is 12.0. The monoisotopic (exact) mass is 285 g/mol. The molecular formula is C15H11NO5. The predicted molar refractivity (Wildman–Crippen MR) is 70.7 cm³/mol. The summed E-state index contributed by atoms with van der Waals surface area (Å²) in [6, 6.07) is 7.12. The normalized spacial score (nSPS) is 21.0. The molecule has 0 aliphatic carbocycles. The second kappa shape index (κ2) is 4.12. The van der Waals surface area contributed by atoms with Gasteiger partial charge in [0.2, 0.25) is 0 Å². The Bertz CT molecular complexity index is 706. The first-order chi connectivity index (χ1) is 10.2. The first-order valence-electron chi connectivity index (χ1n) is 6.49.